The molecular weight excluding hydrogens is 172 g/mol. The molecule has 1 aromatic heterocycles. The van der Waals surface area contributed by atoms with Gasteiger partial charge in [-0.05, 0) is 0 Å². The van der Waals surface area contributed by atoms with Gasteiger partial charge in [-0.1, -0.05) is 0 Å². The second-order valence-electron chi connectivity index (χ2n) is 2.83. The first-order valence-electron chi connectivity index (χ1n) is 4.14. The van der Waals surface area contributed by atoms with Crippen molar-refractivity contribution in [2.75, 3.05) is 13.2 Å². The van der Waals surface area contributed by atoms with Crippen LogP contribution in [0.4, 0.5) is 0 Å². The minimum absolute atomic E-state index is 0.0315. The van der Waals surface area contributed by atoms with E-state index in [2.05, 4.69) is 9.97 Å². The third-order valence-electron chi connectivity index (χ3n) is 1.84. The number of ether oxygens (including phenoxy) is 2. The van der Waals surface area contributed by atoms with Gasteiger partial charge >= 0.3 is 5.56 Å². The van der Waals surface area contributed by atoms with Crippen molar-refractivity contribution in [3.8, 4) is 5.88 Å². The topological polar surface area (TPSA) is 64.2 Å². The summed E-state index contributed by atoms with van der Waals surface area (Å²) in [6, 6.07) is 0. The number of hydrogen-bond donors (Lipinski definition) is 1. The molecule has 13 heavy (non-hydrogen) atoms. The Hall–Kier alpha value is -1.36. The van der Waals surface area contributed by atoms with Gasteiger partial charge in [0.25, 0.3) is 5.88 Å². The minimum atomic E-state index is -0.297. The Morgan fingerprint density at radius 2 is 2.62 bits per heavy atom. The number of aromatic nitrogens is 2. The maximum Gasteiger partial charge on any atom is 0.310 e. The maximum absolute atomic E-state index is 11.1. The molecule has 0 bridgehead atoms. The molecule has 1 N–H and O–H groups in total. The first-order chi connectivity index (χ1) is 6.36. The maximum atomic E-state index is 11.1. The van der Waals surface area contributed by atoms with Crippen LogP contribution < -0.4 is 10.3 Å². The van der Waals surface area contributed by atoms with Gasteiger partial charge in [-0.2, -0.15) is 0 Å². The largest absolute Gasteiger partial charge is 0.468 e. The minimum Gasteiger partial charge on any atom is -0.468 e. The van der Waals surface area contributed by atoms with E-state index >= 15 is 0 Å². The lowest BCUT2D eigenvalue weighted by atomic mass is 10.3. The fourth-order valence-electron chi connectivity index (χ4n) is 1.19. The Labute approximate surface area is 74.7 Å². The van der Waals surface area contributed by atoms with Crippen molar-refractivity contribution in [2.24, 2.45) is 0 Å². The number of H-pyrrole nitrogens is 1. The van der Waals surface area contributed by atoms with Gasteiger partial charge in [-0.15, -0.1) is 0 Å². The molecule has 1 saturated heterocycles. The van der Waals surface area contributed by atoms with Crippen LogP contribution in [0.3, 0.4) is 0 Å². The quantitative estimate of drug-likeness (QED) is 0.695. The molecule has 70 valence electrons. The molecule has 1 fully saturated rings. The van der Waals surface area contributed by atoms with Gasteiger partial charge in [0.15, 0.2) is 0 Å². The summed E-state index contributed by atoms with van der Waals surface area (Å²) in [6.07, 6.45) is 3.75. The summed E-state index contributed by atoms with van der Waals surface area (Å²) < 4.78 is 10.4. The van der Waals surface area contributed by atoms with Crippen LogP contribution in [0.25, 0.3) is 0 Å². The van der Waals surface area contributed by atoms with Crippen molar-refractivity contribution in [1.29, 1.82) is 0 Å². The zero-order chi connectivity index (χ0) is 9.10. The summed E-state index contributed by atoms with van der Waals surface area (Å²) in [6.45, 7) is 1.23. The first kappa shape index (κ1) is 8.25. The molecule has 2 rings (SSSR count). The molecular formula is C8H10N2O3. The second-order valence-corrected chi connectivity index (χ2v) is 2.83. The summed E-state index contributed by atoms with van der Waals surface area (Å²) in [4.78, 5) is 17.4. The average molecular weight is 182 g/mol. The molecule has 0 radical (unpaired) electrons. The number of aromatic amines is 1. The lowest BCUT2D eigenvalue weighted by molar-refractivity contribution is 0.136. The zero-order valence-electron chi connectivity index (χ0n) is 7.03. The van der Waals surface area contributed by atoms with Crippen molar-refractivity contribution in [3.05, 3.63) is 22.7 Å². The predicted octanol–water partition coefficient (Wildman–Crippen LogP) is -0.0624. The van der Waals surface area contributed by atoms with Crippen LogP contribution in [-0.4, -0.2) is 29.3 Å². The molecule has 0 saturated carbocycles. The molecule has 0 aromatic carbocycles. The number of hydrogen-bond acceptors (Lipinski definition) is 4. The van der Waals surface area contributed by atoms with Crippen LogP contribution >= 0.6 is 0 Å². The first-order valence-corrected chi connectivity index (χ1v) is 4.14. The molecule has 0 spiro atoms. The highest BCUT2D eigenvalue weighted by atomic mass is 16.6. The van der Waals surface area contributed by atoms with Gasteiger partial charge in [-0.25, -0.2) is 4.98 Å². The van der Waals surface area contributed by atoms with Crippen LogP contribution in [0.15, 0.2) is 17.2 Å². The van der Waals surface area contributed by atoms with Crippen molar-refractivity contribution in [1.82, 2.24) is 9.97 Å². The zero-order valence-corrected chi connectivity index (χ0v) is 7.03. The van der Waals surface area contributed by atoms with Gasteiger partial charge in [0.1, 0.15) is 6.10 Å². The van der Waals surface area contributed by atoms with E-state index in [9.17, 15) is 4.79 Å². The van der Waals surface area contributed by atoms with Gasteiger partial charge < -0.3 is 14.5 Å². The third-order valence-corrected chi connectivity index (χ3v) is 1.84. The van der Waals surface area contributed by atoms with E-state index < -0.39 is 0 Å². The van der Waals surface area contributed by atoms with Crippen LogP contribution in [-0.2, 0) is 4.74 Å². The second kappa shape index (κ2) is 3.57. The number of nitrogens with one attached hydrogen (secondary N) is 1. The van der Waals surface area contributed by atoms with E-state index in [4.69, 9.17) is 9.47 Å². The normalized spacial score (nSPS) is 21.7. The SMILES string of the molecule is O=c1[nH]ccnc1OC1CCOC1. The fourth-order valence-corrected chi connectivity index (χ4v) is 1.19. The average Bonchev–Trinajstić information content (AvgIpc) is 2.61. The molecule has 1 atom stereocenters. The predicted molar refractivity (Wildman–Crippen MR) is 44.7 cm³/mol. The lowest BCUT2D eigenvalue weighted by Gasteiger charge is -2.08. The highest BCUT2D eigenvalue weighted by molar-refractivity contribution is 5.03. The van der Waals surface area contributed by atoms with Crippen molar-refractivity contribution in [2.45, 2.75) is 12.5 Å². The van der Waals surface area contributed by atoms with Gasteiger partial charge in [0, 0.05) is 18.8 Å². The van der Waals surface area contributed by atoms with E-state index in [0.717, 1.165) is 6.42 Å². The monoisotopic (exact) mass is 182 g/mol. The number of nitrogens with zero attached hydrogens (tertiary/aromatic N) is 1. The van der Waals surface area contributed by atoms with Gasteiger partial charge in [-0.3, -0.25) is 4.79 Å². The Bertz CT molecular complexity index is 330. The van der Waals surface area contributed by atoms with Gasteiger partial charge in [0.2, 0.25) is 0 Å². The standard InChI is InChI=1S/C8H10N2O3/c11-7-8(10-3-2-9-7)13-6-1-4-12-5-6/h2-3,6H,1,4-5H2,(H,9,11). The molecule has 1 unspecified atom stereocenters. The Balaban J connectivity index is 2.08. The van der Waals surface area contributed by atoms with Crippen LogP contribution in [0.5, 0.6) is 5.88 Å². The third kappa shape index (κ3) is 1.86. The number of rotatable bonds is 2. The van der Waals surface area contributed by atoms with Crippen molar-refractivity contribution < 1.29 is 9.47 Å². The van der Waals surface area contributed by atoms with Crippen molar-refractivity contribution in [3.63, 3.8) is 0 Å². The highest BCUT2D eigenvalue weighted by Gasteiger charge is 2.18. The summed E-state index contributed by atoms with van der Waals surface area (Å²) >= 11 is 0. The Morgan fingerprint density at radius 1 is 1.69 bits per heavy atom. The van der Waals surface area contributed by atoms with E-state index in [1.165, 1.54) is 12.4 Å². The van der Waals surface area contributed by atoms with E-state index in [0.29, 0.717) is 13.2 Å². The molecule has 2 heterocycles. The summed E-state index contributed by atoms with van der Waals surface area (Å²) in [5.41, 5.74) is -0.297. The molecule has 1 aliphatic rings. The Kier molecular flexibility index (Phi) is 2.27. The summed E-state index contributed by atoms with van der Waals surface area (Å²) in [5, 5.41) is 0. The fraction of sp³-hybridized carbons (Fsp3) is 0.500. The van der Waals surface area contributed by atoms with Gasteiger partial charge in [0.05, 0.1) is 13.2 Å². The molecule has 5 nitrogen and oxygen atoms in total. The molecule has 1 aliphatic heterocycles. The smallest absolute Gasteiger partial charge is 0.310 e. The Morgan fingerprint density at radius 3 is 3.31 bits per heavy atom. The summed E-state index contributed by atoms with van der Waals surface area (Å²) in [7, 11) is 0. The molecule has 0 amide bonds. The van der Waals surface area contributed by atoms with Crippen LogP contribution in [0, 0.1) is 0 Å². The van der Waals surface area contributed by atoms with E-state index in [-0.39, 0.29) is 17.5 Å². The van der Waals surface area contributed by atoms with Crippen LogP contribution in [0.1, 0.15) is 6.42 Å². The van der Waals surface area contributed by atoms with E-state index in [1.54, 1.807) is 0 Å². The molecule has 1 aromatic rings. The summed E-state index contributed by atoms with van der Waals surface area (Å²) in [5.74, 6) is 0.123. The highest BCUT2D eigenvalue weighted by Crippen LogP contribution is 2.09. The van der Waals surface area contributed by atoms with Crippen molar-refractivity contribution >= 4 is 0 Å². The lowest BCUT2D eigenvalue weighted by Crippen LogP contribution is -2.21. The van der Waals surface area contributed by atoms with E-state index in [1.807, 2.05) is 0 Å². The van der Waals surface area contributed by atoms with Crippen LogP contribution in [0.2, 0.25) is 0 Å². The molecule has 5 heteroatoms. The molecule has 0 aliphatic carbocycles.